The molecule has 0 aliphatic heterocycles. The number of nitrogens with zero attached hydrogens (tertiary/aromatic N) is 3. The van der Waals surface area contributed by atoms with Crippen molar-refractivity contribution in [1.82, 2.24) is 9.97 Å². The van der Waals surface area contributed by atoms with Gasteiger partial charge in [-0.05, 0) is 50.2 Å². The lowest BCUT2D eigenvalue weighted by atomic mass is 10.1. The summed E-state index contributed by atoms with van der Waals surface area (Å²) in [4.78, 5) is 27.8. The molecule has 0 radical (unpaired) electrons. The molecule has 44 heavy (non-hydrogen) atoms. The molecule has 1 aromatic heterocycles. The fourth-order valence-electron chi connectivity index (χ4n) is 3.27. The second-order valence-electron chi connectivity index (χ2n) is 8.65. The third-order valence-electron chi connectivity index (χ3n) is 5.20. The van der Waals surface area contributed by atoms with Crippen molar-refractivity contribution in [2.24, 2.45) is 5.73 Å². The number of benzene rings is 3. The largest absolute Gasteiger partial charge is 0.497 e. The third-order valence-corrected chi connectivity index (χ3v) is 5.53. The normalized spacial score (nSPS) is 9.68. The van der Waals surface area contributed by atoms with Crippen LogP contribution < -0.4 is 31.0 Å². The first kappa shape index (κ1) is 39.9. The van der Waals surface area contributed by atoms with Crippen LogP contribution in [0.15, 0.2) is 66.7 Å². The Morgan fingerprint density at radius 3 is 2.00 bits per heavy atom. The molecule has 0 spiro atoms. The zero-order valence-electron chi connectivity index (χ0n) is 28.4. The summed E-state index contributed by atoms with van der Waals surface area (Å²) in [5.74, 6) is 1.66. The first-order valence-corrected chi connectivity index (χ1v) is 15.5. The number of rotatable bonds is 8. The smallest absolute Gasteiger partial charge is 0.243 e. The number of aromatic nitrogens is 2. The molecule has 0 aliphatic rings. The van der Waals surface area contributed by atoms with Gasteiger partial charge in [-0.2, -0.15) is 5.06 Å². The number of nitrogens with one attached hydrogen (secondary N) is 2. The molecule has 9 nitrogen and oxygen atoms in total. The van der Waals surface area contributed by atoms with Crippen LogP contribution in [-0.4, -0.2) is 35.6 Å². The van der Waals surface area contributed by atoms with E-state index in [4.69, 9.17) is 36.9 Å². The number of para-hydroxylation sites is 2. The van der Waals surface area contributed by atoms with Gasteiger partial charge in [0.2, 0.25) is 11.7 Å². The summed E-state index contributed by atoms with van der Waals surface area (Å²) in [7, 11) is 3.30. The first-order chi connectivity index (χ1) is 21.1. The molecular weight excluding hydrogens is 576 g/mol. The molecule has 3 aromatic carbocycles. The van der Waals surface area contributed by atoms with E-state index in [-0.39, 0.29) is 5.91 Å². The molecule has 0 saturated heterocycles. The predicted octanol–water partition coefficient (Wildman–Crippen LogP) is 9.25. The summed E-state index contributed by atoms with van der Waals surface area (Å²) in [6.45, 7) is 19.3. The number of amides is 1. The van der Waals surface area contributed by atoms with Crippen molar-refractivity contribution in [2.45, 2.75) is 74.8 Å². The number of ether oxygens (including phenoxy) is 1. The van der Waals surface area contributed by atoms with Gasteiger partial charge in [-0.1, -0.05) is 85.2 Å². The highest BCUT2D eigenvalue weighted by Gasteiger charge is 2.22. The van der Waals surface area contributed by atoms with Gasteiger partial charge in [0.1, 0.15) is 5.75 Å². The minimum atomic E-state index is -1.02. The van der Waals surface area contributed by atoms with Crippen molar-refractivity contribution in [3.05, 3.63) is 71.8 Å². The molecular formula is C34H51ClN6O3. The summed E-state index contributed by atoms with van der Waals surface area (Å²) in [6, 6.07) is 19.8. The topological polar surface area (TPSA) is 115 Å². The standard InChI is InChI=1S/C26H27ClN6O3.4C2H6/c1-26(2,28)25(34)29-16-8-7-9-18(14-16)36-33(3)24-23(30-20-10-5-6-11-21(20)32-24)31-22-15-17(35-4)12-13-19(22)27;4*1-2/h5-15H,28H2,1-4H3,(H,29,34)(H,30,31);4*1-2H3. The van der Waals surface area contributed by atoms with Crippen LogP contribution >= 0.6 is 11.6 Å². The van der Waals surface area contributed by atoms with E-state index in [1.54, 1.807) is 70.5 Å². The van der Waals surface area contributed by atoms with Crippen molar-refractivity contribution < 1.29 is 14.4 Å². The summed E-state index contributed by atoms with van der Waals surface area (Å²) in [6.07, 6.45) is 0. The van der Waals surface area contributed by atoms with E-state index in [1.807, 2.05) is 79.7 Å². The number of nitrogens with two attached hydrogens (primary N) is 1. The first-order valence-electron chi connectivity index (χ1n) is 15.1. The van der Waals surface area contributed by atoms with Gasteiger partial charge in [0.05, 0.1) is 34.4 Å². The molecule has 0 aliphatic carbocycles. The van der Waals surface area contributed by atoms with Gasteiger partial charge >= 0.3 is 0 Å². The molecule has 0 unspecified atom stereocenters. The lowest BCUT2D eigenvalue weighted by molar-refractivity contribution is -0.120. The second kappa shape index (κ2) is 20.8. The number of carbonyl (C=O) groups is 1. The predicted molar refractivity (Wildman–Crippen MR) is 189 cm³/mol. The Kier molecular flexibility index (Phi) is 18.8. The maximum Gasteiger partial charge on any atom is 0.243 e. The molecule has 4 N–H and O–H groups in total. The van der Waals surface area contributed by atoms with Crippen LogP contribution in [0.5, 0.6) is 11.5 Å². The van der Waals surface area contributed by atoms with Crippen LogP contribution in [0.4, 0.5) is 23.0 Å². The van der Waals surface area contributed by atoms with Gasteiger partial charge in [0.15, 0.2) is 11.6 Å². The fourth-order valence-corrected chi connectivity index (χ4v) is 3.44. The van der Waals surface area contributed by atoms with E-state index in [0.717, 1.165) is 0 Å². The van der Waals surface area contributed by atoms with E-state index in [1.165, 1.54) is 5.06 Å². The van der Waals surface area contributed by atoms with E-state index < -0.39 is 5.54 Å². The highest BCUT2D eigenvalue weighted by atomic mass is 35.5. The third kappa shape index (κ3) is 11.9. The molecule has 1 amide bonds. The monoisotopic (exact) mass is 626 g/mol. The Morgan fingerprint density at radius 1 is 0.841 bits per heavy atom. The highest BCUT2D eigenvalue weighted by molar-refractivity contribution is 6.33. The molecule has 1 heterocycles. The summed E-state index contributed by atoms with van der Waals surface area (Å²) in [5.41, 5.74) is 7.41. The van der Waals surface area contributed by atoms with Crippen LogP contribution in [0, 0.1) is 0 Å². The van der Waals surface area contributed by atoms with Crippen molar-refractivity contribution in [1.29, 1.82) is 0 Å². The Balaban J connectivity index is 0.00000214. The average molecular weight is 627 g/mol. The average Bonchev–Trinajstić information content (AvgIpc) is 3.05. The Labute approximate surface area is 269 Å². The van der Waals surface area contributed by atoms with Gasteiger partial charge in [-0.25, -0.2) is 9.97 Å². The number of methoxy groups -OCH3 is 1. The highest BCUT2D eigenvalue weighted by Crippen LogP contribution is 2.33. The molecule has 0 fully saturated rings. The van der Waals surface area contributed by atoms with Crippen LogP contribution in [0.2, 0.25) is 5.02 Å². The van der Waals surface area contributed by atoms with E-state index in [0.29, 0.717) is 50.6 Å². The number of fused-ring (bicyclic) bond motifs is 1. The minimum Gasteiger partial charge on any atom is -0.497 e. The van der Waals surface area contributed by atoms with Crippen LogP contribution in [0.3, 0.4) is 0 Å². The fraction of sp³-hybridized carbons (Fsp3) is 0.382. The number of hydrogen-bond acceptors (Lipinski definition) is 8. The van der Waals surface area contributed by atoms with E-state index in [2.05, 4.69) is 10.6 Å². The number of anilines is 4. The molecule has 242 valence electrons. The Bertz CT molecular complexity index is 1410. The molecule has 0 saturated carbocycles. The SMILES string of the molecule is CC.CC.CC.CC.COc1ccc(Cl)c(Nc2nc3ccccc3nc2N(C)Oc2cccc(NC(=O)C(C)(C)N)c2)c1. The lowest BCUT2D eigenvalue weighted by Crippen LogP contribution is -2.45. The molecule has 4 aromatic rings. The summed E-state index contributed by atoms with van der Waals surface area (Å²) >= 11 is 6.42. The number of carbonyl (C=O) groups excluding carboxylic acids is 1. The molecule has 10 heteroatoms. The summed E-state index contributed by atoms with van der Waals surface area (Å²) in [5, 5.41) is 8.02. The van der Waals surface area contributed by atoms with Gasteiger partial charge in [-0.3, -0.25) is 4.79 Å². The molecule has 4 rings (SSSR count). The van der Waals surface area contributed by atoms with Gasteiger partial charge < -0.3 is 25.9 Å². The molecule has 0 bridgehead atoms. The van der Waals surface area contributed by atoms with Gasteiger partial charge in [0, 0.05) is 24.9 Å². The molecule has 0 atom stereocenters. The van der Waals surface area contributed by atoms with E-state index in [9.17, 15) is 4.79 Å². The van der Waals surface area contributed by atoms with Crippen LogP contribution in [0.25, 0.3) is 11.0 Å². The zero-order valence-corrected chi connectivity index (χ0v) is 29.1. The van der Waals surface area contributed by atoms with Gasteiger partial charge in [0.25, 0.3) is 0 Å². The van der Waals surface area contributed by atoms with Crippen molar-refractivity contribution >= 4 is 51.6 Å². The Hall–Kier alpha value is -4.08. The maximum atomic E-state index is 12.3. The maximum absolute atomic E-state index is 12.3. The number of halogens is 1. The van der Waals surface area contributed by atoms with Crippen molar-refractivity contribution in [2.75, 3.05) is 29.9 Å². The number of hydrogen-bond donors (Lipinski definition) is 3. The summed E-state index contributed by atoms with van der Waals surface area (Å²) < 4.78 is 5.33. The van der Waals surface area contributed by atoms with Gasteiger partial charge in [-0.15, -0.1) is 0 Å². The van der Waals surface area contributed by atoms with Crippen LogP contribution in [-0.2, 0) is 4.79 Å². The quantitative estimate of drug-likeness (QED) is 0.166. The lowest BCUT2D eigenvalue weighted by Gasteiger charge is -2.22. The van der Waals surface area contributed by atoms with E-state index >= 15 is 0 Å². The van der Waals surface area contributed by atoms with Crippen molar-refractivity contribution in [3.8, 4) is 11.5 Å². The Morgan fingerprint density at radius 2 is 1.43 bits per heavy atom. The number of hydroxylamine groups is 1. The minimum absolute atomic E-state index is 0.310. The zero-order chi connectivity index (χ0) is 33.9. The van der Waals surface area contributed by atoms with Crippen LogP contribution in [0.1, 0.15) is 69.2 Å². The second-order valence-corrected chi connectivity index (χ2v) is 9.05. The van der Waals surface area contributed by atoms with Crippen molar-refractivity contribution in [3.63, 3.8) is 0 Å².